The number of halogens is 2. The van der Waals surface area contributed by atoms with Crippen molar-refractivity contribution in [1.29, 1.82) is 0 Å². The van der Waals surface area contributed by atoms with Crippen LogP contribution in [-0.2, 0) is 11.3 Å². The molecule has 1 amide bonds. The summed E-state index contributed by atoms with van der Waals surface area (Å²) in [5, 5.41) is 12.0. The number of thioether (sulfide) groups is 2. The molecule has 0 spiro atoms. The lowest BCUT2D eigenvalue weighted by atomic mass is 10.1. The summed E-state index contributed by atoms with van der Waals surface area (Å²) in [6.45, 7) is 4.72. The Hall–Kier alpha value is -2.39. The van der Waals surface area contributed by atoms with Crippen LogP contribution in [0.25, 0.3) is 11.4 Å². The maximum Gasteiger partial charge on any atom is 0.288 e. The maximum atomic E-state index is 12.4. The first-order chi connectivity index (χ1) is 14.0. The minimum absolute atomic E-state index is 0.166. The Morgan fingerprint density at radius 2 is 1.86 bits per heavy atom. The van der Waals surface area contributed by atoms with Gasteiger partial charge in [-0.25, -0.2) is 0 Å². The molecule has 9 heteroatoms. The van der Waals surface area contributed by atoms with E-state index in [0.29, 0.717) is 34.0 Å². The average Bonchev–Trinajstić information content (AvgIpc) is 3.10. The monoisotopic (exact) mass is 434 g/mol. The lowest BCUT2D eigenvalue weighted by molar-refractivity contribution is -0.113. The van der Waals surface area contributed by atoms with E-state index in [4.69, 9.17) is 0 Å². The zero-order valence-corrected chi connectivity index (χ0v) is 17.6. The van der Waals surface area contributed by atoms with E-state index in [-0.39, 0.29) is 11.7 Å². The molecule has 1 N–H and O–H groups in total. The Morgan fingerprint density at radius 1 is 1.14 bits per heavy atom. The number of anilines is 1. The number of hydrogen-bond acceptors (Lipinski definition) is 5. The van der Waals surface area contributed by atoms with E-state index in [2.05, 4.69) is 15.5 Å². The molecule has 3 aromatic rings. The van der Waals surface area contributed by atoms with E-state index in [1.54, 1.807) is 24.3 Å². The summed E-state index contributed by atoms with van der Waals surface area (Å²) in [5.74, 6) is -1.72. The van der Waals surface area contributed by atoms with Gasteiger partial charge in [0.2, 0.25) is 5.91 Å². The molecule has 0 aliphatic carbocycles. The summed E-state index contributed by atoms with van der Waals surface area (Å²) in [6, 6.07) is 14.3. The van der Waals surface area contributed by atoms with Gasteiger partial charge in [0.1, 0.15) is 0 Å². The van der Waals surface area contributed by atoms with Crippen LogP contribution in [0.3, 0.4) is 0 Å². The van der Waals surface area contributed by atoms with Crippen LogP contribution < -0.4 is 5.32 Å². The molecule has 152 valence electrons. The van der Waals surface area contributed by atoms with Gasteiger partial charge in [0.25, 0.3) is 5.76 Å². The van der Waals surface area contributed by atoms with Crippen molar-refractivity contribution in [2.24, 2.45) is 0 Å². The van der Waals surface area contributed by atoms with Gasteiger partial charge >= 0.3 is 0 Å². The Bertz CT molecular complexity index is 977. The molecule has 0 aliphatic rings. The largest absolute Gasteiger partial charge is 0.325 e. The molecule has 0 saturated heterocycles. The third-order valence-electron chi connectivity index (χ3n) is 4.11. The second-order valence-electron chi connectivity index (χ2n) is 6.11. The van der Waals surface area contributed by atoms with Crippen LogP contribution in [0.4, 0.5) is 14.5 Å². The summed E-state index contributed by atoms with van der Waals surface area (Å²) in [6.07, 6.45) is 0. The van der Waals surface area contributed by atoms with Crippen LogP contribution >= 0.6 is 23.5 Å². The van der Waals surface area contributed by atoms with Gasteiger partial charge in [0, 0.05) is 22.7 Å². The van der Waals surface area contributed by atoms with Gasteiger partial charge < -0.3 is 9.88 Å². The number of aromatic nitrogens is 3. The highest BCUT2D eigenvalue weighted by Gasteiger charge is 2.16. The fourth-order valence-corrected chi connectivity index (χ4v) is 4.05. The minimum Gasteiger partial charge on any atom is -0.325 e. The van der Waals surface area contributed by atoms with Crippen molar-refractivity contribution in [3.05, 3.63) is 54.1 Å². The number of benzene rings is 2. The van der Waals surface area contributed by atoms with E-state index < -0.39 is 5.76 Å². The fraction of sp³-hybridized carbons (Fsp3) is 0.250. The molecule has 1 heterocycles. The SMILES string of the molecule is CCn1c(SCC(=O)Nc2ccc(SC(F)F)cc2)nnc1-c1ccccc1C. The van der Waals surface area contributed by atoms with Crippen molar-refractivity contribution in [1.82, 2.24) is 14.8 Å². The lowest BCUT2D eigenvalue weighted by Gasteiger charge is -2.09. The van der Waals surface area contributed by atoms with Crippen molar-refractivity contribution in [2.45, 2.75) is 36.2 Å². The molecule has 3 rings (SSSR count). The highest BCUT2D eigenvalue weighted by atomic mass is 32.2. The lowest BCUT2D eigenvalue weighted by Crippen LogP contribution is -2.14. The van der Waals surface area contributed by atoms with Crippen LogP contribution in [0.1, 0.15) is 12.5 Å². The third kappa shape index (κ3) is 5.57. The molecule has 0 atom stereocenters. The molecule has 0 unspecified atom stereocenters. The number of nitrogens with one attached hydrogen (secondary N) is 1. The number of carbonyl (C=O) groups is 1. The number of carbonyl (C=O) groups excluding carboxylic acids is 1. The molecule has 0 radical (unpaired) electrons. The zero-order chi connectivity index (χ0) is 20.8. The van der Waals surface area contributed by atoms with Gasteiger partial charge in [0.15, 0.2) is 11.0 Å². The number of amides is 1. The van der Waals surface area contributed by atoms with Gasteiger partial charge in [0.05, 0.1) is 5.75 Å². The standard InChI is InChI=1S/C20H20F2N4OS2/c1-3-26-18(16-7-5-4-6-13(16)2)24-25-20(26)28-12-17(27)23-14-8-10-15(11-9-14)29-19(21)22/h4-11,19H,3,12H2,1-2H3,(H,23,27). The quantitative estimate of drug-likeness (QED) is 0.486. The Morgan fingerprint density at radius 3 is 2.52 bits per heavy atom. The number of aryl methyl sites for hydroxylation is 1. The molecule has 0 aliphatic heterocycles. The third-order valence-corrected chi connectivity index (χ3v) is 5.80. The fourth-order valence-electron chi connectivity index (χ4n) is 2.75. The molecule has 5 nitrogen and oxygen atoms in total. The van der Waals surface area contributed by atoms with Crippen LogP contribution in [0.5, 0.6) is 0 Å². The van der Waals surface area contributed by atoms with Gasteiger partial charge in [-0.05, 0) is 43.7 Å². The first-order valence-electron chi connectivity index (χ1n) is 8.94. The highest BCUT2D eigenvalue weighted by molar-refractivity contribution is 8.00. The van der Waals surface area contributed by atoms with Gasteiger partial charge in [-0.2, -0.15) is 8.78 Å². The van der Waals surface area contributed by atoms with Crippen LogP contribution in [0.2, 0.25) is 0 Å². The van der Waals surface area contributed by atoms with Gasteiger partial charge in [-0.15, -0.1) is 10.2 Å². The summed E-state index contributed by atoms with van der Waals surface area (Å²) in [4.78, 5) is 12.7. The summed E-state index contributed by atoms with van der Waals surface area (Å²) in [5.41, 5.74) is 2.68. The molecular formula is C20H20F2N4OS2. The Kier molecular flexibility index (Phi) is 7.27. The molecule has 0 bridgehead atoms. The Labute approximate surface area is 176 Å². The number of alkyl halides is 2. The predicted octanol–water partition coefficient (Wildman–Crippen LogP) is 5.32. The topological polar surface area (TPSA) is 59.8 Å². The molecule has 2 aromatic carbocycles. The Balaban J connectivity index is 1.63. The first kappa shape index (κ1) is 21.3. The van der Waals surface area contributed by atoms with Crippen LogP contribution in [-0.4, -0.2) is 32.2 Å². The number of rotatable bonds is 8. The molecule has 0 saturated carbocycles. The van der Waals surface area contributed by atoms with Crippen molar-refractivity contribution >= 4 is 35.1 Å². The van der Waals surface area contributed by atoms with Crippen molar-refractivity contribution in [3.63, 3.8) is 0 Å². The summed E-state index contributed by atoms with van der Waals surface area (Å²) in [7, 11) is 0. The zero-order valence-electron chi connectivity index (χ0n) is 15.9. The number of nitrogens with zero attached hydrogens (tertiary/aromatic N) is 3. The van der Waals surface area contributed by atoms with Gasteiger partial charge in [-0.1, -0.05) is 47.8 Å². The predicted molar refractivity (Wildman–Crippen MR) is 114 cm³/mol. The summed E-state index contributed by atoms with van der Waals surface area (Å²) < 4.78 is 26.7. The second kappa shape index (κ2) is 9.89. The second-order valence-corrected chi connectivity index (χ2v) is 8.11. The van der Waals surface area contributed by atoms with Crippen molar-refractivity contribution in [3.8, 4) is 11.4 Å². The van der Waals surface area contributed by atoms with E-state index in [0.717, 1.165) is 17.0 Å². The van der Waals surface area contributed by atoms with E-state index in [1.807, 2.05) is 42.7 Å². The van der Waals surface area contributed by atoms with E-state index in [9.17, 15) is 13.6 Å². The molecule has 1 aromatic heterocycles. The van der Waals surface area contributed by atoms with Crippen LogP contribution in [0.15, 0.2) is 58.6 Å². The van der Waals surface area contributed by atoms with Crippen molar-refractivity contribution < 1.29 is 13.6 Å². The average molecular weight is 435 g/mol. The normalized spacial score (nSPS) is 11.1. The highest BCUT2D eigenvalue weighted by Crippen LogP contribution is 2.27. The molecular weight excluding hydrogens is 414 g/mol. The number of hydrogen-bond donors (Lipinski definition) is 1. The first-order valence-corrected chi connectivity index (χ1v) is 10.8. The van der Waals surface area contributed by atoms with E-state index >= 15 is 0 Å². The molecule has 29 heavy (non-hydrogen) atoms. The molecule has 0 fully saturated rings. The van der Waals surface area contributed by atoms with Gasteiger partial charge in [-0.3, -0.25) is 4.79 Å². The summed E-state index contributed by atoms with van der Waals surface area (Å²) >= 11 is 1.78. The minimum atomic E-state index is -2.47. The van der Waals surface area contributed by atoms with Crippen molar-refractivity contribution in [2.75, 3.05) is 11.1 Å². The smallest absolute Gasteiger partial charge is 0.288 e. The van der Waals surface area contributed by atoms with Crippen LogP contribution in [0, 0.1) is 6.92 Å². The van der Waals surface area contributed by atoms with E-state index in [1.165, 1.54) is 11.8 Å². The maximum absolute atomic E-state index is 12.4.